The van der Waals surface area contributed by atoms with E-state index in [1.165, 1.54) is 12.1 Å². The van der Waals surface area contributed by atoms with Gasteiger partial charge in [-0.1, -0.05) is 6.92 Å². The number of Topliss-reactive ketones (excluding diaryl/α,β-unsaturated/α-hetero) is 1. The summed E-state index contributed by atoms with van der Waals surface area (Å²) in [5.74, 6) is 0.794. The molecule has 0 N–H and O–H groups in total. The predicted octanol–water partition coefficient (Wildman–Crippen LogP) is 4.08. The molecule has 2 aliphatic heterocycles. The van der Waals surface area contributed by atoms with E-state index in [4.69, 9.17) is 9.47 Å². The highest BCUT2D eigenvalue weighted by atomic mass is 19.1. The zero-order valence-corrected chi connectivity index (χ0v) is 19.0. The molecule has 3 heterocycles. The van der Waals surface area contributed by atoms with E-state index in [1.54, 1.807) is 46.1 Å². The molecule has 1 fully saturated rings. The highest BCUT2D eigenvalue weighted by Crippen LogP contribution is 2.33. The van der Waals surface area contributed by atoms with E-state index in [2.05, 4.69) is 5.10 Å². The van der Waals surface area contributed by atoms with Crippen molar-refractivity contribution in [2.75, 3.05) is 26.3 Å². The van der Waals surface area contributed by atoms with Gasteiger partial charge in [0, 0.05) is 24.6 Å². The molecular formula is C26H26FN3O4. The number of hydrogen-bond donors (Lipinski definition) is 0. The lowest BCUT2D eigenvalue weighted by Gasteiger charge is -2.31. The standard InChI is InChI=1S/C26H26FN3O4/c1-2-22-21(16-28-30(22)20-6-4-19(27)5-7-20)26(32)29-11-9-17(10-12-29)25(31)18-3-8-23-24(15-18)34-14-13-33-23/h3-8,15-17H,2,9-14H2,1H3. The van der Waals surface area contributed by atoms with Gasteiger partial charge in [0.2, 0.25) is 0 Å². The summed E-state index contributed by atoms with van der Waals surface area (Å²) >= 11 is 0. The third-order valence-electron chi connectivity index (χ3n) is 6.49. The van der Waals surface area contributed by atoms with Gasteiger partial charge in [-0.3, -0.25) is 9.59 Å². The van der Waals surface area contributed by atoms with Crippen molar-refractivity contribution in [2.45, 2.75) is 26.2 Å². The first-order valence-corrected chi connectivity index (χ1v) is 11.6. The Bertz CT molecular complexity index is 1210. The number of amides is 1. The molecule has 5 rings (SSSR count). The Balaban J connectivity index is 1.26. The lowest BCUT2D eigenvalue weighted by Crippen LogP contribution is -2.40. The Hall–Kier alpha value is -3.68. The number of nitrogens with zero attached hydrogens (tertiary/aromatic N) is 3. The lowest BCUT2D eigenvalue weighted by molar-refractivity contribution is 0.0649. The van der Waals surface area contributed by atoms with Crippen LogP contribution in [0.2, 0.25) is 0 Å². The van der Waals surface area contributed by atoms with Gasteiger partial charge in [-0.15, -0.1) is 0 Å². The van der Waals surface area contributed by atoms with Gasteiger partial charge in [0.15, 0.2) is 17.3 Å². The third kappa shape index (κ3) is 4.16. The third-order valence-corrected chi connectivity index (χ3v) is 6.49. The van der Waals surface area contributed by atoms with Crippen LogP contribution < -0.4 is 9.47 Å². The quantitative estimate of drug-likeness (QED) is 0.533. The Morgan fingerprint density at radius 1 is 1.03 bits per heavy atom. The summed E-state index contributed by atoms with van der Waals surface area (Å²) in [6.45, 7) is 3.96. The van der Waals surface area contributed by atoms with Crippen molar-refractivity contribution >= 4 is 11.7 Å². The van der Waals surface area contributed by atoms with Crippen LogP contribution >= 0.6 is 0 Å². The molecule has 34 heavy (non-hydrogen) atoms. The minimum Gasteiger partial charge on any atom is -0.486 e. The van der Waals surface area contributed by atoms with E-state index in [0.717, 1.165) is 5.69 Å². The molecule has 0 radical (unpaired) electrons. The number of ether oxygens (including phenoxy) is 2. The Morgan fingerprint density at radius 2 is 1.74 bits per heavy atom. The summed E-state index contributed by atoms with van der Waals surface area (Å²) in [5.41, 5.74) is 2.65. The maximum Gasteiger partial charge on any atom is 0.257 e. The van der Waals surface area contributed by atoms with E-state index >= 15 is 0 Å². The average molecular weight is 464 g/mol. The molecule has 0 spiro atoms. The van der Waals surface area contributed by atoms with Crippen LogP contribution in [0.15, 0.2) is 48.7 Å². The van der Waals surface area contributed by atoms with Crippen molar-refractivity contribution in [3.63, 3.8) is 0 Å². The fourth-order valence-electron chi connectivity index (χ4n) is 4.64. The first-order chi connectivity index (χ1) is 16.5. The van der Waals surface area contributed by atoms with Crippen molar-refractivity contribution < 1.29 is 23.5 Å². The van der Waals surface area contributed by atoms with Crippen LogP contribution in [0.25, 0.3) is 5.69 Å². The molecule has 8 heteroatoms. The van der Waals surface area contributed by atoms with E-state index in [0.29, 0.717) is 73.9 Å². The average Bonchev–Trinajstić information content (AvgIpc) is 3.32. The van der Waals surface area contributed by atoms with Gasteiger partial charge < -0.3 is 14.4 Å². The Labute approximate surface area is 197 Å². The van der Waals surface area contributed by atoms with Crippen molar-refractivity contribution in [2.24, 2.45) is 5.92 Å². The molecule has 2 aromatic carbocycles. The van der Waals surface area contributed by atoms with Crippen molar-refractivity contribution in [1.29, 1.82) is 0 Å². The Morgan fingerprint density at radius 3 is 2.44 bits per heavy atom. The number of carbonyl (C=O) groups is 2. The second-order valence-corrected chi connectivity index (χ2v) is 8.54. The molecule has 1 amide bonds. The first kappa shape index (κ1) is 22.1. The monoisotopic (exact) mass is 463 g/mol. The van der Waals surface area contributed by atoms with Gasteiger partial charge in [-0.05, 0) is 61.7 Å². The Kier molecular flexibility index (Phi) is 6.04. The van der Waals surface area contributed by atoms with Crippen LogP contribution in [0, 0.1) is 11.7 Å². The molecule has 3 aromatic rings. The van der Waals surface area contributed by atoms with Crippen LogP contribution in [0.4, 0.5) is 4.39 Å². The normalized spacial score (nSPS) is 15.9. The number of halogens is 1. The maximum absolute atomic E-state index is 13.3. The predicted molar refractivity (Wildman–Crippen MR) is 123 cm³/mol. The summed E-state index contributed by atoms with van der Waals surface area (Å²) in [6.07, 6.45) is 3.40. The molecule has 1 aromatic heterocycles. The second-order valence-electron chi connectivity index (χ2n) is 8.54. The summed E-state index contributed by atoms with van der Waals surface area (Å²) in [6, 6.07) is 11.4. The van der Waals surface area contributed by atoms with Gasteiger partial charge in [-0.25, -0.2) is 9.07 Å². The lowest BCUT2D eigenvalue weighted by atomic mass is 9.88. The van der Waals surface area contributed by atoms with Gasteiger partial charge in [0.1, 0.15) is 19.0 Å². The van der Waals surface area contributed by atoms with Crippen molar-refractivity contribution in [3.05, 3.63) is 71.3 Å². The highest BCUT2D eigenvalue weighted by Gasteiger charge is 2.30. The fraction of sp³-hybridized carbons (Fsp3) is 0.346. The molecule has 0 saturated carbocycles. The molecule has 0 aliphatic carbocycles. The minimum atomic E-state index is -0.320. The van der Waals surface area contributed by atoms with Gasteiger partial charge in [0.25, 0.3) is 5.91 Å². The minimum absolute atomic E-state index is 0.0717. The van der Waals surface area contributed by atoms with Crippen molar-refractivity contribution in [3.8, 4) is 17.2 Å². The number of fused-ring (bicyclic) bond motifs is 1. The van der Waals surface area contributed by atoms with E-state index < -0.39 is 0 Å². The number of rotatable bonds is 5. The molecule has 176 valence electrons. The van der Waals surface area contributed by atoms with E-state index in [9.17, 15) is 14.0 Å². The van der Waals surface area contributed by atoms with Crippen LogP contribution in [0.5, 0.6) is 11.5 Å². The van der Waals surface area contributed by atoms with Crippen LogP contribution in [0.3, 0.4) is 0 Å². The maximum atomic E-state index is 13.3. The topological polar surface area (TPSA) is 73.7 Å². The molecule has 0 atom stereocenters. The smallest absolute Gasteiger partial charge is 0.257 e. The number of likely N-dealkylation sites (tertiary alicyclic amines) is 1. The summed E-state index contributed by atoms with van der Waals surface area (Å²) in [4.78, 5) is 28.1. The number of piperidine rings is 1. The van der Waals surface area contributed by atoms with Gasteiger partial charge in [0.05, 0.1) is 23.1 Å². The zero-order chi connectivity index (χ0) is 23.7. The van der Waals surface area contributed by atoms with Gasteiger partial charge in [-0.2, -0.15) is 5.10 Å². The SMILES string of the molecule is CCc1c(C(=O)N2CCC(C(=O)c3ccc4c(c3)OCCO4)CC2)cnn1-c1ccc(F)cc1. The molecule has 2 aliphatic rings. The fourth-order valence-corrected chi connectivity index (χ4v) is 4.64. The molecular weight excluding hydrogens is 437 g/mol. The van der Waals surface area contributed by atoms with E-state index in [-0.39, 0.29) is 23.4 Å². The second kappa shape index (κ2) is 9.29. The van der Waals surface area contributed by atoms with Gasteiger partial charge >= 0.3 is 0 Å². The number of hydrogen-bond acceptors (Lipinski definition) is 5. The zero-order valence-electron chi connectivity index (χ0n) is 19.0. The van der Waals surface area contributed by atoms with Crippen molar-refractivity contribution in [1.82, 2.24) is 14.7 Å². The van der Waals surface area contributed by atoms with E-state index in [1.807, 2.05) is 6.92 Å². The first-order valence-electron chi connectivity index (χ1n) is 11.6. The molecule has 1 saturated heterocycles. The molecule has 0 bridgehead atoms. The summed E-state index contributed by atoms with van der Waals surface area (Å²) < 4.78 is 26.1. The van der Waals surface area contributed by atoms with Crippen LogP contribution in [-0.2, 0) is 6.42 Å². The number of carbonyl (C=O) groups excluding carboxylic acids is 2. The van der Waals surface area contributed by atoms with Crippen LogP contribution in [-0.4, -0.2) is 52.7 Å². The number of benzene rings is 2. The molecule has 7 nitrogen and oxygen atoms in total. The molecule has 0 unspecified atom stereocenters. The number of aromatic nitrogens is 2. The van der Waals surface area contributed by atoms with Crippen LogP contribution in [0.1, 0.15) is 46.2 Å². The summed E-state index contributed by atoms with van der Waals surface area (Å²) in [7, 11) is 0. The largest absolute Gasteiger partial charge is 0.486 e. The number of ketones is 1. The summed E-state index contributed by atoms with van der Waals surface area (Å²) in [5, 5.41) is 4.39. The highest BCUT2D eigenvalue weighted by molar-refractivity contribution is 5.99.